The number of aliphatic carboxylic acids is 1. The number of carbonyl (C=O) groups is 2. The standard InChI is InChI=1S/C13H24N2O4/c1-9(2)7-11(12(16)17)14-13(18)15(3)8-10-5-4-6-19-10/h9-11H,4-8H2,1-3H3,(H,14,18)(H,16,17)/t10?,11-/m1/s1. The van der Waals surface area contributed by atoms with Gasteiger partial charge in [-0.15, -0.1) is 0 Å². The second-order valence-electron chi connectivity index (χ2n) is 5.49. The van der Waals surface area contributed by atoms with Gasteiger partial charge in [0, 0.05) is 20.2 Å². The third-order valence-corrected chi connectivity index (χ3v) is 3.15. The highest BCUT2D eigenvalue weighted by molar-refractivity contribution is 5.82. The molecule has 0 saturated carbocycles. The molecule has 6 heteroatoms. The Morgan fingerprint density at radius 2 is 2.16 bits per heavy atom. The predicted octanol–water partition coefficient (Wildman–Crippen LogP) is 1.31. The smallest absolute Gasteiger partial charge is 0.326 e. The molecule has 1 aliphatic heterocycles. The van der Waals surface area contributed by atoms with E-state index in [0.29, 0.717) is 13.0 Å². The van der Waals surface area contributed by atoms with Gasteiger partial charge < -0.3 is 20.1 Å². The van der Waals surface area contributed by atoms with Crippen molar-refractivity contribution in [2.24, 2.45) is 5.92 Å². The second-order valence-corrected chi connectivity index (χ2v) is 5.49. The Balaban J connectivity index is 2.43. The molecule has 0 bridgehead atoms. The molecule has 2 atom stereocenters. The molecule has 1 heterocycles. The van der Waals surface area contributed by atoms with Crippen LogP contribution in [0.15, 0.2) is 0 Å². The van der Waals surface area contributed by atoms with Crippen molar-refractivity contribution in [1.82, 2.24) is 10.2 Å². The van der Waals surface area contributed by atoms with E-state index >= 15 is 0 Å². The summed E-state index contributed by atoms with van der Waals surface area (Å²) in [5.41, 5.74) is 0. The van der Waals surface area contributed by atoms with E-state index in [1.54, 1.807) is 7.05 Å². The number of hydrogen-bond donors (Lipinski definition) is 2. The summed E-state index contributed by atoms with van der Waals surface area (Å²) in [6.45, 7) is 5.10. The Hall–Kier alpha value is -1.30. The van der Waals surface area contributed by atoms with E-state index in [-0.39, 0.29) is 18.1 Å². The summed E-state index contributed by atoms with van der Waals surface area (Å²) >= 11 is 0. The molecule has 0 aromatic rings. The van der Waals surface area contributed by atoms with Crippen molar-refractivity contribution < 1.29 is 19.4 Å². The van der Waals surface area contributed by atoms with Crippen LogP contribution in [-0.2, 0) is 9.53 Å². The number of carboxylic acids is 1. The summed E-state index contributed by atoms with van der Waals surface area (Å²) < 4.78 is 5.45. The Morgan fingerprint density at radius 3 is 2.63 bits per heavy atom. The highest BCUT2D eigenvalue weighted by Crippen LogP contribution is 2.13. The first-order valence-corrected chi connectivity index (χ1v) is 6.76. The van der Waals surface area contributed by atoms with Gasteiger partial charge in [0.2, 0.25) is 0 Å². The summed E-state index contributed by atoms with van der Waals surface area (Å²) in [6.07, 6.45) is 2.47. The number of carbonyl (C=O) groups excluding carboxylic acids is 1. The van der Waals surface area contributed by atoms with E-state index in [1.807, 2.05) is 13.8 Å². The van der Waals surface area contributed by atoms with E-state index in [1.165, 1.54) is 4.90 Å². The minimum absolute atomic E-state index is 0.0733. The van der Waals surface area contributed by atoms with Gasteiger partial charge in [-0.25, -0.2) is 9.59 Å². The average molecular weight is 272 g/mol. The first-order chi connectivity index (χ1) is 8.90. The van der Waals surface area contributed by atoms with Crippen LogP contribution >= 0.6 is 0 Å². The van der Waals surface area contributed by atoms with Gasteiger partial charge in [0.25, 0.3) is 0 Å². The molecule has 0 aromatic carbocycles. The Bertz CT molecular complexity index is 314. The summed E-state index contributed by atoms with van der Waals surface area (Å²) in [4.78, 5) is 24.5. The second kappa shape index (κ2) is 7.33. The van der Waals surface area contributed by atoms with E-state index < -0.39 is 12.0 Å². The monoisotopic (exact) mass is 272 g/mol. The highest BCUT2D eigenvalue weighted by atomic mass is 16.5. The lowest BCUT2D eigenvalue weighted by Crippen LogP contribution is -2.48. The van der Waals surface area contributed by atoms with Crippen molar-refractivity contribution in [1.29, 1.82) is 0 Å². The molecule has 0 radical (unpaired) electrons. The molecule has 1 aliphatic rings. The average Bonchev–Trinajstić information content (AvgIpc) is 2.79. The summed E-state index contributed by atoms with van der Waals surface area (Å²) in [6, 6.07) is -1.19. The predicted molar refractivity (Wildman–Crippen MR) is 71.0 cm³/mol. The molecule has 110 valence electrons. The number of hydrogen-bond acceptors (Lipinski definition) is 3. The van der Waals surface area contributed by atoms with Gasteiger partial charge in [0.1, 0.15) is 6.04 Å². The molecule has 2 amide bonds. The fraction of sp³-hybridized carbons (Fsp3) is 0.846. The maximum atomic E-state index is 11.9. The number of urea groups is 1. The largest absolute Gasteiger partial charge is 0.480 e. The van der Waals surface area contributed by atoms with E-state index in [0.717, 1.165) is 19.4 Å². The van der Waals surface area contributed by atoms with Crippen molar-refractivity contribution >= 4 is 12.0 Å². The fourth-order valence-corrected chi connectivity index (χ4v) is 2.13. The molecule has 6 nitrogen and oxygen atoms in total. The number of likely N-dealkylation sites (N-methyl/N-ethyl adjacent to an activating group) is 1. The molecule has 1 saturated heterocycles. The minimum Gasteiger partial charge on any atom is -0.480 e. The number of rotatable bonds is 6. The molecule has 2 N–H and O–H groups in total. The van der Waals surface area contributed by atoms with Gasteiger partial charge in [-0.1, -0.05) is 13.8 Å². The number of carboxylic acid groups (broad SMARTS) is 1. The number of amides is 2. The maximum absolute atomic E-state index is 11.9. The molecular weight excluding hydrogens is 248 g/mol. The van der Waals surface area contributed by atoms with E-state index in [9.17, 15) is 9.59 Å². The first-order valence-electron chi connectivity index (χ1n) is 6.76. The Labute approximate surface area is 114 Å². The zero-order chi connectivity index (χ0) is 14.4. The van der Waals surface area contributed by atoms with Gasteiger partial charge in [0.05, 0.1) is 6.10 Å². The SMILES string of the molecule is CC(C)C[C@@H](NC(=O)N(C)CC1CCCO1)C(=O)O. The lowest BCUT2D eigenvalue weighted by molar-refractivity contribution is -0.139. The van der Waals surface area contributed by atoms with Crippen molar-refractivity contribution in [2.45, 2.75) is 45.3 Å². The normalized spacial score (nSPS) is 20.3. The topological polar surface area (TPSA) is 78.9 Å². The third-order valence-electron chi connectivity index (χ3n) is 3.15. The molecule has 0 aliphatic carbocycles. The van der Waals surface area contributed by atoms with Crippen molar-refractivity contribution in [3.63, 3.8) is 0 Å². The van der Waals surface area contributed by atoms with Crippen LogP contribution in [0.5, 0.6) is 0 Å². The molecule has 1 rings (SSSR count). The van der Waals surface area contributed by atoms with Crippen LogP contribution in [0.25, 0.3) is 0 Å². The molecule has 19 heavy (non-hydrogen) atoms. The van der Waals surface area contributed by atoms with Crippen LogP contribution in [0.2, 0.25) is 0 Å². The summed E-state index contributed by atoms with van der Waals surface area (Å²) in [5.74, 6) is -0.780. The van der Waals surface area contributed by atoms with Crippen molar-refractivity contribution in [3.05, 3.63) is 0 Å². The van der Waals surface area contributed by atoms with Crippen LogP contribution in [-0.4, -0.2) is 54.4 Å². The van der Waals surface area contributed by atoms with Gasteiger partial charge in [-0.2, -0.15) is 0 Å². The van der Waals surface area contributed by atoms with Crippen molar-refractivity contribution in [2.75, 3.05) is 20.2 Å². The summed E-state index contributed by atoms with van der Waals surface area (Å²) in [5, 5.41) is 11.6. The van der Waals surface area contributed by atoms with Gasteiger partial charge in [-0.05, 0) is 25.2 Å². The van der Waals surface area contributed by atoms with Crippen LogP contribution in [0, 0.1) is 5.92 Å². The quantitative estimate of drug-likeness (QED) is 0.764. The third kappa shape index (κ3) is 5.46. The first kappa shape index (κ1) is 15.8. The van der Waals surface area contributed by atoms with Crippen LogP contribution in [0.1, 0.15) is 33.1 Å². The Morgan fingerprint density at radius 1 is 1.47 bits per heavy atom. The lowest BCUT2D eigenvalue weighted by Gasteiger charge is -2.24. The molecular formula is C13H24N2O4. The fourth-order valence-electron chi connectivity index (χ4n) is 2.13. The van der Waals surface area contributed by atoms with E-state index in [2.05, 4.69) is 5.32 Å². The van der Waals surface area contributed by atoms with Gasteiger partial charge >= 0.3 is 12.0 Å². The zero-order valence-corrected chi connectivity index (χ0v) is 11.9. The summed E-state index contributed by atoms with van der Waals surface area (Å²) in [7, 11) is 1.66. The lowest BCUT2D eigenvalue weighted by atomic mass is 10.0. The molecule has 0 aromatic heterocycles. The molecule has 1 unspecified atom stereocenters. The van der Waals surface area contributed by atoms with Crippen molar-refractivity contribution in [3.8, 4) is 0 Å². The molecule has 0 spiro atoms. The molecule has 1 fully saturated rings. The van der Waals surface area contributed by atoms with Crippen LogP contribution in [0.4, 0.5) is 4.79 Å². The number of ether oxygens (including phenoxy) is 1. The number of nitrogens with one attached hydrogen (secondary N) is 1. The maximum Gasteiger partial charge on any atom is 0.326 e. The van der Waals surface area contributed by atoms with Gasteiger partial charge in [-0.3, -0.25) is 0 Å². The Kier molecular flexibility index (Phi) is 6.08. The van der Waals surface area contributed by atoms with Crippen LogP contribution < -0.4 is 5.32 Å². The van der Waals surface area contributed by atoms with Gasteiger partial charge in [0.15, 0.2) is 0 Å². The minimum atomic E-state index is -0.993. The zero-order valence-electron chi connectivity index (χ0n) is 11.9. The van der Waals surface area contributed by atoms with Crippen LogP contribution in [0.3, 0.4) is 0 Å². The van der Waals surface area contributed by atoms with E-state index in [4.69, 9.17) is 9.84 Å². The number of nitrogens with zero attached hydrogens (tertiary/aromatic N) is 1. The highest BCUT2D eigenvalue weighted by Gasteiger charge is 2.25.